The van der Waals surface area contributed by atoms with Crippen LogP contribution in [0.25, 0.3) is 10.9 Å². The van der Waals surface area contributed by atoms with E-state index in [1.165, 1.54) is 18.5 Å². The van der Waals surface area contributed by atoms with Gasteiger partial charge in [0.1, 0.15) is 17.0 Å². The predicted molar refractivity (Wildman–Crippen MR) is 129 cm³/mol. The van der Waals surface area contributed by atoms with Crippen LogP contribution in [0.2, 0.25) is 0 Å². The molecular formula is C24H20N4O3SZn. The van der Waals surface area contributed by atoms with Crippen LogP contribution in [0.3, 0.4) is 0 Å². The van der Waals surface area contributed by atoms with Gasteiger partial charge in [0.25, 0.3) is 0 Å². The van der Waals surface area contributed by atoms with E-state index in [0.29, 0.717) is 16.7 Å². The molecule has 1 aliphatic carbocycles. The third-order valence-corrected chi connectivity index (χ3v) is 4.40. The first-order valence-electron chi connectivity index (χ1n) is 9.54. The van der Waals surface area contributed by atoms with Gasteiger partial charge >= 0.3 is 0 Å². The third-order valence-electron chi connectivity index (χ3n) is 4.19. The molecule has 0 bridgehead atoms. The molecule has 0 spiro atoms. The van der Waals surface area contributed by atoms with Crippen LogP contribution in [0, 0.1) is 0 Å². The molecule has 2 aromatic carbocycles. The van der Waals surface area contributed by atoms with E-state index in [2.05, 4.69) is 20.8 Å². The molecule has 4 N–H and O–H groups in total. The summed E-state index contributed by atoms with van der Waals surface area (Å²) in [4.78, 5) is 19.5. The molecule has 1 aromatic heterocycles. The maximum Gasteiger partial charge on any atom is 0.211 e. The van der Waals surface area contributed by atoms with E-state index in [-0.39, 0.29) is 41.9 Å². The fraction of sp³-hybridized carbons (Fsp3) is 0. The fourth-order valence-corrected chi connectivity index (χ4v) is 2.73. The number of carbonyl (C=O) groups excluding carboxylic acids is 1. The number of phenolic OH excluding ortho intramolecular Hbond substituents is 2. The first-order chi connectivity index (χ1) is 15.5. The quantitative estimate of drug-likeness (QED) is 0.140. The Morgan fingerprint density at radius 1 is 0.970 bits per heavy atom. The molecular weight excluding hydrogens is 490 g/mol. The van der Waals surface area contributed by atoms with Crippen LogP contribution in [0.4, 0.5) is 0 Å². The number of aliphatic imine (C=N–C) groups is 1. The Bertz CT molecular complexity index is 1250. The van der Waals surface area contributed by atoms with Gasteiger partial charge in [0.2, 0.25) is 5.11 Å². The Morgan fingerprint density at radius 3 is 2.45 bits per heavy atom. The van der Waals surface area contributed by atoms with Crippen LogP contribution < -0.4 is 10.9 Å². The molecule has 4 rings (SSSR count). The zero-order valence-electron chi connectivity index (χ0n) is 17.6. The zero-order valence-corrected chi connectivity index (χ0v) is 21.3. The van der Waals surface area contributed by atoms with Crippen LogP contribution in [-0.2, 0) is 24.3 Å². The van der Waals surface area contributed by atoms with Crippen molar-refractivity contribution in [3.63, 3.8) is 0 Å². The van der Waals surface area contributed by atoms with Gasteiger partial charge in [0, 0.05) is 54.6 Å². The van der Waals surface area contributed by atoms with Gasteiger partial charge in [-0.05, 0) is 48.6 Å². The number of fused-ring (bicyclic) bond motifs is 1. The van der Waals surface area contributed by atoms with Gasteiger partial charge in [-0.25, -0.2) is 4.99 Å². The van der Waals surface area contributed by atoms with Crippen LogP contribution >= 0.6 is 12.2 Å². The number of pyridine rings is 1. The Hall–Kier alpha value is -3.68. The summed E-state index contributed by atoms with van der Waals surface area (Å²) in [6.07, 6.45) is 11.2. The maximum atomic E-state index is 11.5. The molecule has 0 saturated carbocycles. The van der Waals surface area contributed by atoms with E-state index in [9.17, 15) is 15.0 Å². The smallest absolute Gasteiger partial charge is 0.211 e. The van der Waals surface area contributed by atoms with Crippen molar-refractivity contribution in [3.05, 3.63) is 102 Å². The minimum Gasteiger partial charge on any atom is -0.507 e. The standard InChI is InChI=1S/C15H13N3O2S.C9H7NO.Zn/c19-13-7-3-1-5-11(13)9-16-15(21)18-17-10-12-6-2-4-8-14(12)20;11-8-5-1-3-7-4-2-6-10-9(7)8;/h1-10,17,19H,(H,18,21);1-6,11H;/b12-10-,16-9+;;. The molecule has 162 valence electrons. The van der Waals surface area contributed by atoms with Crippen LogP contribution in [-0.4, -0.2) is 32.3 Å². The van der Waals surface area contributed by atoms with Crippen molar-refractivity contribution in [2.45, 2.75) is 0 Å². The number of hydrazine groups is 1. The molecule has 0 amide bonds. The number of carbonyl (C=O) groups is 1. The number of nitrogens with one attached hydrogen (secondary N) is 2. The number of aromatic hydroxyl groups is 2. The number of nitrogens with zero attached hydrogens (tertiary/aromatic N) is 2. The number of phenols is 2. The Balaban J connectivity index is 0.000000270. The van der Waals surface area contributed by atoms with E-state index >= 15 is 0 Å². The summed E-state index contributed by atoms with van der Waals surface area (Å²) in [7, 11) is 0. The van der Waals surface area contributed by atoms with E-state index in [4.69, 9.17) is 12.2 Å². The summed E-state index contributed by atoms with van der Waals surface area (Å²) >= 11 is 4.99. The summed E-state index contributed by atoms with van der Waals surface area (Å²) < 4.78 is 0. The molecule has 0 aliphatic heterocycles. The number of benzene rings is 2. The minimum absolute atomic E-state index is 0. The van der Waals surface area contributed by atoms with Crippen molar-refractivity contribution >= 4 is 40.2 Å². The van der Waals surface area contributed by atoms with Crippen molar-refractivity contribution in [1.29, 1.82) is 0 Å². The summed E-state index contributed by atoms with van der Waals surface area (Å²) in [6.45, 7) is 0. The molecule has 1 aliphatic rings. The number of aromatic nitrogens is 1. The largest absolute Gasteiger partial charge is 0.507 e. The van der Waals surface area contributed by atoms with Gasteiger partial charge in [-0.15, -0.1) is 0 Å². The summed E-state index contributed by atoms with van der Waals surface area (Å²) in [6, 6.07) is 15.9. The average molecular weight is 510 g/mol. The van der Waals surface area contributed by atoms with E-state index < -0.39 is 0 Å². The predicted octanol–water partition coefficient (Wildman–Crippen LogP) is 3.71. The number of allylic oxidation sites excluding steroid dienone is 5. The first kappa shape index (κ1) is 25.6. The Morgan fingerprint density at radius 2 is 1.70 bits per heavy atom. The van der Waals surface area contributed by atoms with E-state index in [1.807, 2.05) is 18.2 Å². The molecule has 7 nitrogen and oxygen atoms in total. The van der Waals surface area contributed by atoms with Crippen LogP contribution in [0.5, 0.6) is 11.5 Å². The van der Waals surface area contributed by atoms with Crippen molar-refractivity contribution in [2.75, 3.05) is 0 Å². The summed E-state index contributed by atoms with van der Waals surface area (Å²) in [5.74, 6) is 0.280. The number of thiocarbonyl (C=S) groups is 1. The molecule has 0 saturated heterocycles. The molecule has 0 atom stereocenters. The number of ketones is 1. The van der Waals surface area contributed by atoms with Gasteiger partial charge in [-0.1, -0.05) is 42.5 Å². The van der Waals surface area contributed by atoms with Crippen LogP contribution in [0.15, 0.2) is 102 Å². The van der Waals surface area contributed by atoms with Crippen molar-refractivity contribution in [3.8, 4) is 11.5 Å². The van der Waals surface area contributed by atoms with Gasteiger partial charge in [-0.2, -0.15) is 0 Å². The van der Waals surface area contributed by atoms with Crippen molar-refractivity contribution < 1.29 is 34.5 Å². The molecule has 0 fully saturated rings. The maximum absolute atomic E-state index is 11.5. The number of rotatable bonds is 3. The molecule has 0 radical (unpaired) electrons. The number of hydrogen-bond donors (Lipinski definition) is 4. The monoisotopic (exact) mass is 508 g/mol. The number of para-hydroxylation sites is 2. The topological polar surface area (TPSA) is 107 Å². The van der Waals surface area contributed by atoms with E-state index in [1.54, 1.807) is 60.8 Å². The van der Waals surface area contributed by atoms with Crippen molar-refractivity contribution in [1.82, 2.24) is 15.8 Å². The second-order valence-corrected chi connectivity index (χ2v) is 6.81. The third kappa shape index (κ3) is 7.75. The summed E-state index contributed by atoms with van der Waals surface area (Å²) in [5, 5.41) is 20.0. The van der Waals surface area contributed by atoms with Crippen LogP contribution in [0.1, 0.15) is 5.56 Å². The normalized spacial score (nSPS) is 13.3. The average Bonchev–Trinajstić information content (AvgIpc) is 2.81. The summed E-state index contributed by atoms with van der Waals surface area (Å²) in [5.41, 5.74) is 7.10. The zero-order chi connectivity index (χ0) is 22.8. The SMILES string of the molecule is O=C1C=CC=C/C1=C/NNC(=S)/N=C/c1ccccc1O.Oc1cccc2cccnc12.[Zn]. The molecule has 3 aromatic rings. The second-order valence-electron chi connectivity index (χ2n) is 6.43. The van der Waals surface area contributed by atoms with Gasteiger partial charge in [-0.3, -0.25) is 15.2 Å². The Labute approximate surface area is 209 Å². The molecule has 0 unspecified atom stereocenters. The molecule has 9 heteroatoms. The minimum atomic E-state index is -0.0876. The van der Waals surface area contributed by atoms with E-state index in [0.717, 1.165) is 5.39 Å². The van der Waals surface area contributed by atoms with Crippen molar-refractivity contribution in [2.24, 2.45) is 4.99 Å². The fourth-order valence-electron chi connectivity index (χ4n) is 2.62. The van der Waals surface area contributed by atoms with Gasteiger partial charge in [0.15, 0.2) is 5.78 Å². The second kappa shape index (κ2) is 13.0. The van der Waals surface area contributed by atoms with Gasteiger partial charge < -0.3 is 15.6 Å². The Kier molecular flexibility index (Phi) is 10.1. The number of hydrogen-bond acceptors (Lipinski definition) is 6. The molecule has 33 heavy (non-hydrogen) atoms. The first-order valence-corrected chi connectivity index (χ1v) is 9.95. The van der Waals surface area contributed by atoms with Gasteiger partial charge in [0.05, 0.1) is 0 Å². The molecule has 1 heterocycles.